The molecule has 0 bridgehead atoms. The second kappa shape index (κ2) is 4.41. The number of ether oxygens (including phenoxy) is 1. The van der Waals surface area contributed by atoms with Crippen molar-refractivity contribution in [3.05, 3.63) is 45.8 Å². The van der Waals surface area contributed by atoms with Crippen molar-refractivity contribution >= 4 is 16.9 Å². The van der Waals surface area contributed by atoms with Crippen LogP contribution in [0.4, 0.5) is 0 Å². The van der Waals surface area contributed by atoms with Crippen molar-refractivity contribution in [2.75, 3.05) is 6.61 Å². The fourth-order valence-electron chi connectivity index (χ4n) is 1.59. The van der Waals surface area contributed by atoms with E-state index in [2.05, 4.69) is 0 Å². The summed E-state index contributed by atoms with van der Waals surface area (Å²) in [5.74, 6) is -0.648. The van der Waals surface area contributed by atoms with E-state index in [9.17, 15) is 9.59 Å². The van der Waals surface area contributed by atoms with Crippen molar-refractivity contribution < 1.29 is 13.9 Å². The highest BCUT2D eigenvalue weighted by Crippen LogP contribution is 2.13. The van der Waals surface area contributed by atoms with Crippen LogP contribution in [0.15, 0.2) is 33.7 Å². The second-order valence-corrected chi connectivity index (χ2v) is 3.70. The van der Waals surface area contributed by atoms with Crippen molar-refractivity contribution in [1.82, 2.24) is 0 Å². The van der Waals surface area contributed by atoms with Gasteiger partial charge in [-0.3, -0.25) is 4.79 Å². The summed E-state index contributed by atoms with van der Waals surface area (Å²) in [5, 5.41) is 0.399. The van der Waals surface area contributed by atoms with Crippen LogP contribution in [0, 0.1) is 6.92 Å². The molecule has 4 heteroatoms. The maximum absolute atomic E-state index is 12.0. The third-order valence-corrected chi connectivity index (χ3v) is 2.42. The van der Waals surface area contributed by atoms with Crippen LogP contribution in [-0.4, -0.2) is 12.6 Å². The molecule has 0 N–H and O–H groups in total. The number of carbonyl (C=O) groups excluding carboxylic acids is 1. The lowest BCUT2D eigenvalue weighted by Crippen LogP contribution is -2.17. The number of hydrogen-bond donors (Lipinski definition) is 0. The minimum absolute atomic E-state index is 0.0649. The summed E-state index contributed by atoms with van der Waals surface area (Å²) < 4.78 is 10.0. The van der Waals surface area contributed by atoms with Crippen molar-refractivity contribution in [3.8, 4) is 0 Å². The molecular formula is C13H12O4. The third kappa shape index (κ3) is 2.06. The van der Waals surface area contributed by atoms with Gasteiger partial charge in [-0.15, -0.1) is 0 Å². The highest BCUT2D eigenvalue weighted by atomic mass is 16.5. The normalized spacial score (nSPS) is 10.5. The molecule has 2 rings (SSSR count). The lowest BCUT2D eigenvalue weighted by Gasteiger charge is -2.02. The van der Waals surface area contributed by atoms with Crippen molar-refractivity contribution in [3.63, 3.8) is 0 Å². The van der Waals surface area contributed by atoms with Crippen LogP contribution in [0.2, 0.25) is 0 Å². The van der Waals surface area contributed by atoms with Crippen molar-refractivity contribution in [2.45, 2.75) is 13.8 Å². The molecular weight excluding hydrogens is 220 g/mol. The van der Waals surface area contributed by atoms with Gasteiger partial charge in [-0.25, -0.2) is 4.79 Å². The molecule has 0 saturated heterocycles. The van der Waals surface area contributed by atoms with Gasteiger partial charge in [0.05, 0.1) is 12.0 Å². The Morgan fingerprint density at radius 2 is 2.18 bits per heavy atom. The van der Waals surface area contributed by atoms with Crippen LogP contribution >= 0.6 is 0 Å². The first-order chi connectivity index (χ1) is 8.13. The summed E-state index contributed by atoms with van der Waals surface area (Å²) in [6.07, 6.45) is 1.15. The van der Waals surface area contributed by atoms with Gasteiger partial charge in [0.2, 0.25) is 5.43 Å². The van der Waals surface area contributed by atoms with Gasteiger partial charge < -0.3 is 9.15 Å². The molecule has 88 valence electrons. The Morgan fingerprint density at radius 1 is 1.41 bits per heavy atom. The molecule has 17 heavy (non-hydrogen) atoms. The minimum Gasteiger partial charge on any atom is -0.463 e. The molecule has 0 fully saturated rings. The first-order valence-electron chi connectivity index (χ1n) is 5.32. The highest BCUT2D eigenvalue weighted by molar-refractivity contribution is 5.92. The summed E-state index contributed by atoms with van der Waals surface area (Å²) >= 11 is 0. The van der Waals surface area contributed by atoms with Crippen LogP contribution in [0.25, 0.3) is 11.0 Å². The number of esters is 1. The lowest BCUT2D eigenvalue weighted by molar-refractivity contribution is 0.0522. The Balaban J connectivity index is 2.65. The van der Waals surface area contributed by atoms with E-state index in [1.54, 1.807) is 19.1 Å². The van der Waals surface area contributed by atoms with Gasteiger partial charge in [0.25, 0.3) is 0 Å². The number of fused-ring (bicyclic) bond motifs is 1. The van der Waals surface area contributed by atoms with E-state index in [-0.39, 0.29) is 17.6 Å². The van der Waals surface area contributed by atoms with E-state index < -0.39 is 5.97 Å². The zero-order chi connectivity index (χ0) is 12.4. The molecule has 4 nitrogen and oxygen atoms in total. The Hall–Kier alpha value is -2.10. The largest absolute Gasteiger partial charge is 0.463 e. The molecule has 0 spiro atoms. The zero-order valence-corrected chi connectivity index (χ0v) is 9.65. The Bertz CT molecular complexity index is 625. The molecule has 0 radical (unpaired) electrons. The average molecular weight is 232 g/mol. The number of rotatable bonds is 2. The topological polar surface area (TPSA) is 56.5 Å². The first-order valence-corrected chi connectivity index (χ1v) is 5.32. The summed E-state index contributed by atoms with van der Waals surface area (Å²) in [5.41, 5.74) is 0.984. The Morgan fingerprint density at radius 3 is 2.88 bits per heavy atom. The molecule has 0 atom stereocenters. The summed E-state index contributed by atoms with van der Waals surface area (Å²) in [7, 11) is 0. The van der Waals surface area contributed by atoms with Gasteiger partial charge in [0, 0.05) is 0 Å². The fraction of sp³-hybridized carbons (Fsp3) is 0.231. The van der Waals surface area contributed by atoms with Gasteiger partial charge in [0.1, 0.15) is 17.4 Å². The fourth-order valence-corrected chi connectivity index (χ4v) is 1.59. The zero-order valence-electron chi connectivity index (χ0n) is 9.65. The van der Waals surface area contributed by atoms with Gasteiger partial charge in [0.15, 0.2) is 0 Å². The average Bonchev–Trinajstić information content (AvgIpc) is 2.30. The first kappa shape index (κ1) is 11.4. The Kier molecular flexibility index (Phi) is 2.95. The van der Waals surface area contributed by atoms with E-state index >= 15 is 0 Å². The molecule has 0 unspecified atom stereocenters. The molecule has 0 amide bonds. The third-order valence-electron chi connectivity index (χ3n) is 2.42. The smallest absolute Gasteiger partial charge is 0.345 e. The quantitative estimate of drug-likeness (QED) is 0.745. The van der Waals surface area contributed by atoms with Crippen LogP contribution < -0.4 is 5.43 Å². The molecule has 0 aliphatic heterocycles. The Labute approximate surface area is 97.8 Å². The SMILES string of the molecule is CCOC(=O)c1coc2ccc(C)cc2c1=O. The van der Waals surface area contributed by atoms with E-state index in [0.29, 0.717) is 11.0 Å². The van der Waals surface area contributed by atoms with Gasteiger partial charge in [-0.1, -0.05) is 11.6 Å². The van der Waals surface area contributed by atoms with E-state index in [0.717, 1.165) is 11.8 Å². The standard InChI is InChI=1S/C13H12O4/c1-3-16-13(15)10-7-17-11-5-4-8(2)6-9(11)12(10)14/h4-7H,3H2,1-2H3. The molecule has 2 aromatic rings. The van der Waals surface area contributed by atoms with Gasteiger partial charge in [-0.2, -0.15) is 0 Å². The maximum Gasteiger partial charge on any atom is 0.345 e. The van der Waals surface area contributed by atoms with Crippen molar-refractivity contribution in [2.24, 2.45) is 0 Å². The van der Waals surface area contributed by atoms with Gasteiger partial charge >= 0.3 is 5.97 Å². The molecule has 0 aliphatic rings. The molecule has 0 aliphatic carbocycles. The number of carbonyl (C=O) groups is 1. The van der Waals surface area contributed by atoms with E-state index in [4.69, 9.17) is 9.15 Å². The highest BCUT2D eigenvalue weighted by Gasteiger charge is 2.15. The lowest BCUT2D eigenvalue weighted by atomic mass is 10.1. The van der Waals surface area contributed by atoms with Crippen LogP contribution in [0.3, 0.4) is 0 Å². The van der Waals surface area contributed by atoms with E-state index in [1.807, 2.05) is 13.0 Å². The summed E-state index contributed by atoms with van der Waals surface area (Å²) in [4.78, 5) is 23.5. The molecule has 1 aromatic carbocycles. The summed E-state index contributed by atoms with van der Waals surface area (Å²) in [6.45, 7) is 3.78. The van der Waals surface area contributed by atoms with Crippen molar-refractivity contribution in [1.29, 1.82) is 0 Å². The second-order valence-electron chi connectivity index (χ2n) is 3.70. The molecule has 0 saturated carbocycles. The number of hydrogen-bond acceptors (Lipinski definition) is 4. The molecule has 1 heterocycles. The number of aryl methyl sites for hydroxylation is 1. The minimum atomic E-state index is -0.648. The monoisotopic (exact) mass is 232 g/mol. The van der Waals surface area contributed by atoms with E-state index in [1.165, 1.54) is 0 Å². The van der Waals surface area contributed by atoms with Crippen LogP contribution in [0.1, 0.15) is 22.8 Å². The van der Waals surface area contributed by atoms with Crippen LogP contribution in [-0.2, 0) is 4.74 Å². The number of benzene rings is 1. The van der Waals surface area contributed by atoms with Crippen LogP contribution in [0.5, 0.6) is 0 Å². The summed E-state index contributed by atoms with van der Waals surface area (Å²) in [6, 6.07) is 5.25. The van der Waals surface area contributed by atoms with Gasteiger partial charge in [-0.05, 0) is 26.0 Å². The molecule has 1 aromatic heterocycles. The predicted octanol–water partition coefficient (Wildman–Crippen LogP) is 2.28. The predicted molar refractivity (Wildman–Crippen MR) is 63.2 cm³/mol. The maximum atomic E-state index is 12.0.